The lowest BCUT2D eigenvalue weighted by Gasteiger charge is -2.07. The quantitative estimate of drug-likeness (QED) is 0.478. The molecular formula is C13H15F3N2O2. The van der Waals surface area contributed by atoms with E-state index in [1.54, 1.807) is 30.3 Å². The molecule has 20 heavy (non-hydrogen) atoms. The first kappa shape index (κ1) is 16.0. The Hall–Kier alpha value is -2.02. The van der Waals surface area contributed by atoms with E-state index in [1.165, 1.54) is 6.08 Å². The fourth-order valence-corrected chi connectivity index (χ4v) is 1.27. The number of amides is 1. The summed E-state index contributed by atoms with van der Waals surface area (Å²) in [7, 11) is 0. The van der Waals surface area contributed by atoms with Crippen molar-refractivity contribution in [2.75, 3.05) is 25.5 Å². The van der Waals surface area contributed by atoms with Crippen LogP contribution in [0.1, 0.15) is 5.56 Å². The van der Waals surface area contributed by atoms with Crippen molar-refractivity contribution in [3.63, 3.8) is 0 Å². The van der Waals surface area contributed by atoms with Crippen LogP contribution in [0.25, 0.3) is 6.08 Å². The summed E-state index contributed by atoms with van der Waals surface area (Å²) >= 11 is 0. The lowest BCUT2D eigenvalue weighted by Crippen LogP contribution is -2.27. The first-order valence-corrected chi connectivity index (χ1v) is 5.83. The predicted molar refractivity (Wildman–Crippen MR) is 69.8 cm³/mol. The smallest absolute Gasteiger partial charge is 0.399 e. The van der Waals surface area contributed by atoms with Crippen LogP contribution in [0.2, 0.25) is 0 Å². The summed E-state index contributed by atoms with van der Waals surface area (Å²) in [6, 6.07) is 6.88. The normalized spacial score (nSPS) is 11.8. The van der Waals surface area contributed by atoms with E-state index in [2.05, 4.69) is 10.1 Å². The molecule has 0 atom stereocenters. The molecule has 0 radical (unpaired) electrons. The van der Waals surface area contributed by atoms with Gasteiger partial charge in [-0.3, -0.25) is 4.79 Å². The van der Waals surface area contributed by atoms with E-state index in [-0.39, 0.29) is 13.2 Å². The Morgan fingerprint density at radius 3 is 2.55 bits per heavy atom. The van der Waals surface area contributed by atoms with Gasteiger partial charge in [0.05, 0.1) is 6.61 Å². The maximum Gasteiger partial charge on any atom is 0.411 e. The van der Waals surface area contributed by atoms with Crippen molar-refractivity contribution in [2.45, 2.75) is 6.18 Å². The van der Waals surface area contributed by atoms with E-state index >= 15 is 0 Å². The molecule has 0 bridgehead atoms. The highest BCUT2D eigenvalue weighted by Gasteiger charge is 2.27. The van der Waals surface area contributed by atoms with E-state index in [0.717, 1.165) is 5.56 Å². The molecule has 0 spiro atoms. The molecule has 1 amide bonds. The standard InChI is InChI=1S/C13H15F3N2O2/c14-13(15,16)9-20-8-7-18-12(19)6-3-10-1-4-11(17)5-2-10/h1-6H,7-9,17H2,(H,18,19)/b6-3+. The molecule has 1 aromatic carbocycles. The third-order valence-electron chi connectivity index (χ3n) is 2.17. The number of nitrogens with one attached hydrogen (secondary N) is 1. The SMILES string of the molecule is Nc1ccc(/C=C/C(=O)NCCOCC(F)(F)F)cc1. The van der Waals surface area contributed by atoms with Crippen molar-refractivity contribution in [1.29, 1.82) is 0 Å². The summed E-state index contributed by atoms with van der Waals surface area (Å²) in [5.74, 6) is -0.405. The number of anilines is 1. The minimum absolute atomic E-state index is 0.0149. The lowest BCUT2D eigenvalue weighted by atomic mass is 10.2. The topological polar surface area (TPSA) is 64.4 Å². The first-order chi connectivity index (χ1) is 9.37. The van der Waals surface area contributed by atoms with Crippen molar-refractivity contribution in [1.82, 2.24) is 5.32 Å². The van der Waals surface area contributed by atoms with Gasteiger partial charge in [0, 0.05) is 18.3 Å². The number of nitrogen functional groups attached to an aromatic ring is 1. The van der Waals surface area contributed by atoms with Gasteiger partial charge in [-0.25, -0.2) is 0 Å². The molecule has 0 heterocycles. The molecule has 0 fully saturated rings. The molecule has 7 heteroatoms. The predicted octanol–water partition coefficient (Wildman–Crippen LogP) is 1.98. The van der Waals surface area contributed by atoms with Crippen LogP contribution in [0.15, 0.2) is 30.3 Å². The van der Waals surface area contributed by atoms with Crippen LogP contribution in [0.5, 0.6) is 0 Å². The molecule has 0 aliphatic carbocycles. The highest BCUT2D eigenvalue weighted by Crippen LogP contribution is 2.13. The fraction of sp³-hybridized carbons (Fsp3) is 0.308. The Morgan fingerprint density at radius 1 is 1.30 bits per heavy atom. The Kier molecular flexibility index (Phi) is 6.05. The number of hydrogen-bond acceptors (Lipinski definition) is 3. The summed E-state index contributed by atoms with van der Waals surface area (Å²) < 4.78 is 39.6. The summed E-state index contributed by atoms with van der Waals surface area (Å²) in [4.78, 5) is 11.3. The molecule has 1 aromatic rings. The van der Waals surface area contributed by atoms with Gasteiger partial charge >= 0.3 is 6.18 Å². The van der Waals surface area contributed by atoms with Gasteiger partial charge < -0.3 is 15.8 Å². The number of alkyl halides is 3. The Labute approximate surface area is 114 Å². The number of carbonyl (C=O) groups excluding carboxylic acids is 1. The molecule has 0 saturated carbocycles. The second-order valence-electron chi connectivity index (χ2n) is 3.96. The average molecular weight is 288 g/mol. The highest BCUT2D eigenvalue weighted by molar-refractivity contribution is 5.91. The summed E-state index contributed by atoms with van der Waals surface area (Å²) in [6.45, 7) is -1.49. The minimum atomic E-state index is -4.35. The van der Waals surface area contributed by atoms with E-state index in [0.29, 0.717) is 5.69 Å². The van der Waals surface area contributed by atoms with E-state index in [9.17, 15) is 18.0 Å². The van der Waals surface area contributed by atoms with Gasteiger partial charge in [-0.2, -0.15) is 13.2 Å². The van der Waals surface area contributed by atoms with Gasteiger partial charge in [-0.05, 0) is 23.8 Å². The molecule has 3 N–H and O–H groups in total. The molecule has 4 nitrogen and oxygen atoms in total. The largest absolute Gasteiger partial charge is 0.411 e. The maximum atomic E-state index is 11.7. The zero-order valence-electron chi connectivity index (χ0n) is 10.6. The second kappa shape index (κ2) is 7.54. The zero-order valence-corrected chi connectivity index (χ0v) is 10.6. The van der Waals surface area contributed by atoms with Gasteiger partial charge in [0.15, 0.2) is 0 Å². The Balaban J connectivity index is 2.22. The number of nitrogens with two attached hydrogens (primary N) is 1. The van der Waals surface area contributed by atoms with Crippen LogP contribution in [-0.4, -0.2) is 31.8 Å². The van der Waals surface area contributed by atoms with Crippen molar-refractivity contribution in [3.05, 3.63) is 35.9 Å². The van der Waals surface area contributed by atoms with Gasteiger partial charge in [-0.1, -0.05) is 12.1 Å². The third-order valence-corrected chi connectivity index (χ3v) is 2.17. The molecule has 0 unspecified atom stereocenters. The zero-order chi connectivity index (χ0) is 15.0. The molecular weight excluding hydrogens is 273 g/mol. The number of rotatable bonds is 6. The van der Waals surface area contributed by atoms with E-state index in [1.807, 2.05) is 0 Å². The number of ether oxygens (including phenoxy) is 1. The van der Waals surface area contributed by atoms with Crippen LogP contribution < -0.4 is 11.1 Å². The molecule has 0 saturated heterocycles. The molecule has 0 aliphatic heterocycles. The Morgan fingerprint density at radius 2 is 1.95 bits per heavy atom. The van der Waals surface area contributed by atoms with Crippen LogP contribution in [0.4, 0.5) is 18.9 Å². The molecule has 1 rings (SSSR count). The maximum absolute atomic E-state index is 11.7. The van der Waals surface area contributed by atoms with E-state index in [4.69, 9.17) is 5.73 Å². The number of hydrogen-bond donors (Lipinski definition) is 2. The van der Waals surface area contributed by atoms with Crippen molar-refractivity contribution < 1.29 is 22.7 Å². The van der Waals surface area contributed by atoms with Gasteiger partial charge in [0.2, 0.25) is 5.91 Å². The van der Waals surface area contributed by atoms with Crippen LogP contribution in [0, 0.1) is 0 Å². The number of halogens is 3. The summed E-state index contributed by atoms with van der Waals surface area (Å²) in [5, 5.41) is 2.41. The number of carbonyl (C=O) groups is 1. The Bertz CT molecular complexity index is 456. The molecule has 110 valence electrons. The molecule has 0 aromatic heterocycles. The third kappa shape index (κ3) is 7.42. The van der Waals surface area contributed by atoms with Crippen LogP contribution in [-0.2, 0) is 9.53 Å². The monoisotopic (exact) mass is 288 g/mol. The summed E-state index contributed by atoms with van der Waals surface area (Å²) in [5.41, 5.74) is 6.92. The van der Waals surface area contributed by atoms with E-state index < -0.39 is 18.7 Å². The second-order valence-corrected chi connectivity index (χ2v) is 3.96. The van der Waals surface area contributed by atoms with Gasteiger partial charge in [-0.15, -0.1) is 0 Å². The van der Waals surface area contributed by atoms with Crippen molar-refractivity contribution in [2.24, 2.45) is 0 Å². The fourth-order valence-electron chi connectivity index (χ4n) is 1.27. The minimum Gasteiger partial charge on any atom is -0.399 e. The average Bonchev–Trinajstić information content (AvgIpc) is 2.36. The highest BCUT2D eigenvalue weighted by atomic mass is 19.4. The van der Waals surface area contributed by atoms with Gasteiger partial charge in [0.1, 0.15) is 6.61 Å². The van der Waals surface area contributed by atoms with Crippen molar-refractivity contribution >= 4 is 17.7 Å². The molecule has 0 aliphatic rings. The first-order valence-electron chi connectivity index (χ1n) is 5.83. The van der Waals surface area contributed by atoms with Crippen molar-refractivity contribution in [3.8, 4) is 0 Å². The summed E-state index contributed by atoms with van der Waals surface area (Å²) in [6.07, 6.45) is -1.49. The van der Waals surface area contributed by atoms with Crippen LogP contribution >= 0.6 is 0 Å². The number of benzene rings is 1. The van der Waals surface area contributed by atoms with Gasteiger partial charge in [0.25, 0.3) is 0 Å². The lowest BCUT2D eigenvalue weighted by molar-refractivity contribution is -0.173. The van der Waals surface area contributed by atoms with Crippen LogP contribution in [0.3, 0.4) is 0 Å².